The summed E-state index contributed by atoms with van der Waals surface area (Å²) in [7, 11) is 0. The first-order chi connectivity index (χ1) is 11.8. The van der Waals surface area contributed by atoms with Gasteiger partial charge in [-0.15, -0.1) is 24.8 Å². The predicted octanol–water partition coefficient (Wildman–Crippen LogP) is 2.73. The number of benzene rings is 1. The molecule has 4 rings (SSSR count). The number of likely N-dealkylation sites (tertiary alicyclic amines) is 1. The van der Waals surface area contributed by atoms with Crippen LogP contribution in [0.15, 0.2) is 30.3 Å². The molecule has 3 heterocycles. The van der Waals surface area contributed by atoms with Crippen LogP contribution in [-0.4, -0.2) is 75.2 Å². The molecule has 0 bridgehead atoms. The third-order valence-electron chi connectivity index (χ3n) is 6.30. The number of anilines is 1. The van der Waals surface area contributed by atoms with Crippen molar-refractivity contribution in [2.45, 2.75) is 19.3 Å². The zero-order valence-electron chi connectivity index (χ0n) is 15.7. The summed E-state index contributed by atoms with van der Waals surface area (Å²) in [6.45, 7) is 12.4. The van der Waals surface area contributed by atoms with Crippen molar-refractivity contribution >= 4 is 30.5 Å². The van der Waals surface area contributed by atoms with Crippen molar-refractivity contribution in [1.82, 2.24) is 15.1 Å². The fourth-order valence-electron chi connectivity index (χ4n) is 4.80. The topological polar surface area (TPSA) is 21.8 Å². The molecule has 1 spiro atoms. The van der Waals surface area contributed by atoms with Crippen molar-refractivity contribution in [2.75, 3.05) is 70.3 Å². The Morgan fingerprint density at radius 3 is 2.27 bits per heavy atom. The Labute approximate surface area is 171 Å². The summed E-state index contributed by atoms with van der Waals surface area (Å²) < 4.78 is 0. The van der Waals surface area contributed by atoms with Gasteiger partial charge in [0.15, 0.2) is 0 Å². The molecule has 3 aliphatic rings. The van der Waals surface area contributed by atoms with Crippen molar-refractivity contribution in [3.8, 4) is 0 Å². The predicted molar refractivity (Wildman–Crippen MR) is 115 cm³/mol. The normalized spacial score (nSPS) is 27.2. The minimum absolute atomic E-state index is 0. The van der Waals surface area contributed by atoms with E-state index < -0.39 is 0 Å². The van der Waals surface area contributed by atoms with Crippen LogP contribution in [0.2, 0.25) is 0 Å². The van der Waals surface area contributed by atoms with Gasteiger partial charge in [-0.2, -0.15) is 0 Å². The van der Waals surface area contributed by atoms with Gasteiger partial charge < -0.3 is 15.1 Å². The number of para-hydroxylation sites is 1. The smallest absolute Gasteiger partial charge is 0.0367 e. The number of hydrogen-bond acceptors (Lipinski definition) is 4. The first kappa shape index (κ1) is 21.8. The molecule has 1 aromatic rings. The van der Waals surface area contributed by atoms with Gasteiger partial charge >= 0.3 is 0 Å². The van der Waals surface area contributed by atoms with Crippen molar-refractivity contribution in [3.05, 3.63) is 30.3 Å². The van der Waals surface area contributed by atoms with Gasteiger partial charge in [0, 0.05) is 58.0 Å². The Morgan fingerprint density at radius 2 is 1.58 bits per heavy atom. The highest BCUT2D eigenvalue weighted by molar-refractivity contribution is 5.85. The maximum Gasteiger partial charge on any atom is 0.0367 e. The van der Waals surface area contributed by atoms with Crippen LogP contribution in [0.4, 0.5) is 5.69 Å². The van der Waals surface area contributed by atoms with Crippen LogP contribution in [0.25, 0.3) is 0 Å². The van der Waals surface area contributed by atoms with E-state index in [1.54, 1.807) is 0 Å². The van der Waals surface area contributed by atoms with E-state index in [1.807, 2.05) is 0 Å². The largest absolute Gasteiger partial charge is 0.369 e. The van der Waals surface area contributed by atoms with Gasteiger partial charge in [0.1, 0.15) is 0 Å². The number of halogens is 2. The number of hydrogen-bond donors (Lipinski definition) is 1. The maximum atomic E-state index is 3.59. The molecule has 0 radical (unpaired) electrons. The monoisotopic (exact) mass is 400 g/mol. The molecule has 0 aromatic heterocycles. The lowest BCUT2D eigenvalue weighted by Gasteiger charge is -2.42. The van der Waals surface area contributed by atoms with Gasteiger partial charge in [0.05, 0.1) is 0 Å². The summed E-state index contributed by atoms with van der Waals surface area (Å²) in [5.41, 5.74) is 1.98. The summed E-state index contributed by atoms with van der Waals surface area (Å²) in [5.74, 6) is 0. The van der Waals surface area contributed by atoms with Crippen LogP contribution >= 0.6 is 24.8 Å². The second kappa shape index (κ2) is 10.1. The van der Waals surface area contributed by atoms with Gasteiger partial charge in [-0.1, -0.05) is 18.2 Å². The Morgan fingerprint density at radius 1 is 0.846 bits per heavy atom. The van der Waals surface area contributed by atoms with E-state index in [2.05, 4.69) is 50.3 Å². The zero-order valence-corrected chi connectivity index (χ0v) is 17.4. The second-order valence-corrected chi connectivity index (χ2v) is 7.97. The molecule has 26 heavy (non-hydrogen) atoms. The van der Waals surface area contributed by atoms with E-state index in [0.717, 1.165) is 13.1 Å². The fourth-order valence-corrected chi connectivity index (χ4v) is 4.80. The number of piperidine rings is 1. The lowest BCUT2D eigenvalue weighted by Crippen LogP contribution is -2.50. The first-order valence-electron chi connectivity index (χ1n) is 9.79. The van der Waals surface area contributed by atoms with Gasteiger partial charge in [-0.05, 0) is 49.9 Å². The number of rotatable bonds is 4. The van der Waals surface area contributed by atoms with Gasteiger partial charge in [-0.25, -0.2) is 0 Å². The number of nitrogens with zero attached hydrogens (tertiary/aromatic N) is 3. The minimum atomic E-state index is 0. The van der Waals surface area contributed by atoms with Gasteiger partial charge in [0.25, 0.3) is 0 Å². The molecule has 1 N–H and O–H groups in total. The van der Waals surface area contributed by atoms with Crippen molar-refractivity contribution in [1.29, 1.82) is 0 Å². The Bertz CT molecular complexity index is 514. The second-order valence-electron chi connectivity index (χ2n) is 7.97. The molecule has 0 aliphatic carbocycles. The highest BCUT2D eigenvalue weighted by Gasteiger charge is 2.37. The fraction of sp³-hybridized carbons (Fsp3) is 0.700. The lowest BCUT2D eigenvalue weighted by molar-refractivity contribution is 0.0909. The van der Waals surface area contributed by atoms with Crippen LogP contribution in [0.5, 0.6) is 0 Å². The number of piperazine rings is 1. The van der Waals surface area contributed by atoms with E-state index in [0.29, 0.717) is 5.41 Å². The Balaban J connectivity index is 0.00000121. The van der Waals surface area contributed by atoms with Crippen LogP contribution in [0, 0.1) is 5.41 Å². The molecule has 4 nitrogen and oxygen atoms in total. The van der Waals surface area contributed by atoms with Crippen LogP contribution in [-0.2, 0) is 0 Å². The van der Waals surface area contributed by atoms with Crippen molar-refractivity contribution < 1.29 is 0 Å². The molecular weight excluding hydrogens is 367 g/mol. The van der Waals surface area contributed by atoms with E-state index in [9.17, 15) is 0 Å². The lowest BCUT2D eigenvalue weighted by atomic mass is 9.79. The molecule has 1 unspecified atom stereocenters. The van der Waals surface area contributed by atoms with Gasteiger partial charge in [-0.3, -0.25) is 4.90 Å². The van der Waals surface area contributed by atoms with Crippen molar-refractivity contribution in [3.63, 3.8) is 0 Å². The highest BCUT2D eigenvalue weighted by Crippen LogP contribution is 2.35. The quantitative estimate of drug-likeness (QED) is 0.838. The molecule has 148 valence electrons. The van der Waals surface area contributed by atoms with Crippen LogP contribution in [0.3, 0.4) is 0 Å². The summed E-state index contributed by atoms with van der Waals surface area (Å²) in [5, 5.41) is 3.59. The van der Waals surface area contributed by atoms with Crippen LogP contribution < -0.4 is 10.2 Å². The number of nitrogens with one attached hydrogen (secondary N) is 1. The first-order valence-corrected chi connectivity index (χ1v) is 9.79. The third-order valence-corrected chi connectivity index (χ3v) is 6.30. The molecule has 0 saturated carbocycles. The Kier molecular flexibility index (Phi) is 8.49. The summed E-state index contributed by atoms with van der Waals surface area (Å²) >= 11 is 0. The molecule has 6 heteroatoms. The molecular formula is C20H34Cl2N4. The molecule has 0 amide bonds. The molecule has 1 aromatic carbocycles. The van der Waals surface area contributed by atoms with Crippen molar-refractivity contribution in [2.24, 2.45) is 5.41 Å². The Hall–Kier alpha value is -0.520. The third kappa shape index (κ3) is 5.26. The van der Waals surface area contributed by atoms with E-state index in [-0.39, 0.29) is 24.8 Å². The van der Waals surface area contributed by atoms with E-state index in [1.165, 1.54) is 77.3 Å². The van der Waals surface area contributed by atoms with Gasteiger partial charge in [0.2, 0.25) is 0 Å². The van der Waals surface area contributed by atoms with Crippen LogP contribution in [0.1, 0.15) is 19.3 Å². The molecule has 1 atom stereocenters. The standard InChI is InChI=1S/C20H32N4.2ClH/c1-2-5-19(6-3-1)24-15-13-22(14-16-24)11-12-23-10-4-7-20(18-23)8-9-21-17-20;;/h1-3,5-6,21H,4,7-18H2;2*1H. The average Bonchev–Trinajstić information content (AvgIpc) is 3.09. The van der Waals surface area contributed by atoms with E-state index in [4.69, 9.17) is 0 Å². The SMILES string of the molecule is Cl.Cl.c1ccc(N2CCN(CCN3CCCC4(CCNC4)C3)CC2)cc1. The zero-order chi connectivity index (χ0) is 16.2. The molecule has 3 aliphatic heterocycles. The van der Waals surface area contributed by atoms with E-state index >= 15 is 0 Å². The minimum Gasteiger partial charge on any atom is -0.369 e. The maximum absolute atomic E-state index is 3.59. The summed E-state index contributed by atoms with van der Waals surface area (Å²) in [6, 6.07) is 10.9. The highest BCUT2D eigenvalue weighted by atomic mass is 35.5. The average molecular weight is 401 g/mol. The molecule has 3 fully saturated rings. The molecule has 3 saturated heterocycles. The summed E-state index contributed by atoms with van der Waals surface area (Å²) in [4.78, 5) is 7.92. The summed E-state index contributed by atoms with van der Waals surface area (Å²) in [6.07, 6.45) is 4.22.